The first-order chi connectivity index (χ1) is 7.74. The Bertz CT molecular complexity index is 342. The van der Waals surface area contributed by atoms with Crippen LogP contribution in [0.5, 0.6) is 5.75 Å². The van der Waals surface area contributed by atoms with Crippen LogP contribution >= 0.6 is 0 Å². The van der Waals surface area contributed by atoms with E-state index in [1.807, 2.05) is 6.92 Å². The Morgan fingerprint density at radius 3 is 2.88 bits per heavy atom. The van der Waals surface area contributed by atoms with Crippen LogP contribution in [-0.2, 0) is 4.79 Å². The molecule has 0 atom stereocenters. The topological polar surface area (TPSA) is 38.3 Å². The van der Waals surface area contributed by atoms with Gasteiger partial charge < -0.3 is 10.1 Å². The number of benzene rings is 1. The molecule has 0 aromatic heterocycles. The van der Waals surface area contributed by atoms with Crippen LogP contribution in [0.3, 0.4) is 0 Å². The molecule has 1 aromatic rings. The maximum atomic E-state index is 13.1. The van der Waals surface area contributed by atoms with Crippen LogP contribution in [0.2, 0.25) is 0 Å². The van der Waals surface area contributed by atoms with E-state index in [-0.39, 0.29) is 17.5 Å². The Morgan fingerprint density at radius 1 is 1.44 bits per heavy atom. The molecule has 1 amide bonds. The van der Waals surface area contributed by atoms with Crippen LogP contribution in [0.15, 0.2) is 24.3 Å². The third-order valence-electron chi connectivity index (χ3n) is 2.02. The van der Waals surface area contributed by atoms with Crippen molar-refractivity contribution in [2.45, 2.75) is 19.8 Å². The van der Waals surface area contributed by atoms with E-state index in [1.165, 1.54) is 6.07 Å². The molecule has 0 saturated heterocycles. The highest BCUT2D eigenvalue weighted by atomic mass is 19.1. The molecule has 16 heavy (non-hydrogen) atoms. The van der Waals surface area contributed by atoms with E-state index >= 15 is 0 Å². The minimum Gasteiger partial charge on any atom is -0.491 e. The fraction of sp³-hybridized carbons (Fsp3) is 0.417. The van der Waals surface area contributed by atoms with Crippen LogP contribution in [0.25, 0.3) is 0 Å². The summed E-state index contributed by atoms with van der Waals surface area (Å²) in [6, 6.07) is 6.24. The quantitative estimate of drug-likeness (QED) is 0.753. The zero-order valence-electron chi connectivity index (χ0n) is 9.33. The predicted molar refractivity (Wildman–Crippen MR) is 59.8 cm³/mol. The van der Waals surface area contributed by atoms with Crippen LogP contribution in [0.1, 0.15) is 19.8 Å². The number of para-hydroxylation sites is 1. The first kappa shape index (κ1) is 12.5. The summed E-state index contributed by atoms with van der Waals surface area (Å²) < 4.78 is 18.3. The lowest BCUT2D eigenvalue weighted by atomic mass is 10.3. The molecule has 0 unspecified atom stereocenters. The summed E-state index contributed by atoms with van der Waals surface area (Å²) >= 11 is 0. The molecule has 4 heteroatoms. The summed E-state index contributed by atoms with van der Waals surface area (Å²) in [7, 11) is 0. The van der Waals surface area contributed by atoms with Crippen LogP contribution in [-0.4, -0.2) is 19.1 Å². The van der Waals surface area contributed by atoms with Gasteiger partial charge in [-0.2, -0.15) is 0 Å². The summed E-state index contributed by atoms with van der Waals surface area (Å²) in [4.78, 5) is 11.1. The second-order valence-corrected chi connectivity index (χ2v) is 3.34. The molecule has 88 valence electrons. The molecule has 0 radical (unpaired) electrons. The maximum absolute atomic E-state index is 13.1. The number of carbonyl (C=O) groups excluding carboxylic acids is 1. The molecule has 1 rings (SSSR count). The lowest BCUT2D eigenvalue weighted by Gasteiger charge is -2.06. The highest BCUT2D eigenvalue weighted by Crippen LogP contribution is 2.15. The van der Waals surface area contributed by atoms with Crippen LogP contribution in [0.4, 0.5) is 4.39 Å². The molecule has 0 fully saturated rings. The average Bonchev–Trinajstić information content (AvgIpc) is 2.27. The lowest BCUT2D eigenvalue weighted by Crippen LogP contribution is -2.22. The molecule has 0 spiro atoms. The smallest absolute Gasteiger partial charge is 0.220 e. The van der Waals surface area contributed by atoms with Gasteiger partial charge in [-0.15, -0.1) is 0 Å². The van der Waals surface area contributed by atoms with Gasteiger partial charge in [0.05, 0.1) is 6.61 Å². The molecule has 0 heterocycles. The highest BCUT2D eigenvalue weighted by molar-refractivity contribution is 5.75. The Labute approximate surface area is 94.6 Å². The van der Waals surface area contributed by atoms with Gasteiger partial charge >= 0.3 is 0 Å². The number of hydrogen-bond donors (Lipinski definition) is 1. The fourth-order valence-corrected chi connectivity index (χ4v) is 1.26. The Balaban J connectivity index is 2.21. The normalized spacial score (nSPS) is 9.88. The van der Waals surface area contributed by atoms with E-state index in [9.17, 15) is 9.18 Å². The van der Waals surface area contributed by atoms with Crippen molar-refractivity contribution >= 4 is 5.91 Å². The number of ether oxygens (including phenoxy) is 1. The number of carbonyl (C=O) groups is 1. The third-order valence-corrected chi connectivity index (χ3v) is 2.02. The third kappa shape index (κ3) is 4.29. The van der Waals surface area contributed by atoms with Crippen molar-refractivity contribution in [2.75, 3.05) is 13.2 Å². The van der Waals surface area contributed by atoms with Crippen LogP contribution < -0.4 is 10.1 Å². The molecule has 0 bridgehead atoms. The molecular formula is C12H16FNO2. The number of rotatable bonds is 6. The van der Waals surface area contributed by atoms with Crippen molar-refractivity contribution in [1.82, 2.24) is 5.32 Å². The van der Waals surface area contributed by atoms with Crippen molar-refractivity contribution in [3.63, 3.8) is 0 Å². The fourth-order valence-electron chi connectivity index (χ4n) is 1.26. The summed E-state index contributed by atoms with van der Waals surface area (Å²) in [6.07, 6.45) is 0.989. The standard InChI is InChI=1S/C12H16FNO2/c1-2-14-12(15)8-5-9-16-11-7-4-3-6-10(11)13/h3-4,6-7H,2,5,8-9H2,1H3,(H,14,15). The Morgan fingerprint density at radius 2 is 2.19 bits per heavy atom. The second kappa shape index (κ2) is 6.82. The number of halogens is 1. The average molecular weight is 225 g/mol. The maximum Gasteiger partial charge on any atom is 0.220 e. The van der Waals surface area contributed by atoms with Crippen molar-refractivity contribution in [1.29, 1.82) is 0 Å². The summed E-state index contributed by atoms with van der Waals surface area (Å²) in [5, 5.41) is 2.69. The molecule has 0 aliphatic heterocycles. The van der Waals surface area contributed by atoms with Gasteiger partial charge in [0.2, 0.25) is 5.91 Å². The Kier molecular flexibility index (Phi) is 5.32. The van der Waals surface area contributed by atoms with Gasteiger partial charge in [0.1, 0.15) is 0 Å². The van der Waals surface area contributed by atoms with Gasteiger partial charge in [0.25, 0.3) is 0 Å². The van der Waals surface area contributed by atoms with Crippen molar-refractivity contribution < 1.29 is 13.9 Å². The van der Waals surface area contributed by atoms with Gasteiger partial charge in [0, 0.05) is 13.0 Å². The number of amides is 1. The molecule has 1 aromatic carbocycles. The Hall–Kier alpha value is -1.58. The zero-order valence-corrected chi connectivity index (χ0v) is 9.33. The first-order valence-electron chi connectivity index (χ1n) is 5.38. The zero-order chi connectivity index (χ0) is 11.8. The van der Waals surface area contributed by atoms with E-state index in [2.05, 4.69) is 5.32 Å². The largest absolute Gasteiger partial charge is 0.491 e. The molecule has 0 aliphatic carbocycles. The molecular weight excluding hydrogens is 209 g/mol. The number of hydrogen-bond acceptors (Lipinski definition) is 2. The van der Waals surface area contributed by atoms with E-state index in [4.69, 9.17) is 4.74 Å². The minimum atomic E-state index is -0.375. The van der Waals surface area contributed by atoms with Gasteiger partial charge in [-0.3, -0.25) is 4.79 Å². The van der Waals surface area contributed by atoms with E-state index in [0.29, 0.717) is 26.0 Å². The van der Waals surface area contributed by atoms with Crippen LogP contribution in [0, 0.1) is 5.82 Å². The predicted octanol–water partition coefficient (Wildman–Crippen LogP) is 2.12. The van der Waals surface area contributed by atoms with Crippen molar-refractivity contribution in [2.24, 2.45) is 0 Å². The second-order valence-electron chi connectivity index (χ2n) is 3.34. The minimum absolute atomic E-state index is 0.000339. The van der Waals surface area contributed by atoms with Gasteiger partial charge in [-0.25, -0.2) is 4.39 Å². The summed E-state index contributed by atoms with van der Waals surface area (Å²) in [6.45, 7) is 2.85. The van der Waals surface area contributed by atoms with E-state index in [0.717, 1.165) is 0 Å². The van der Waals surface area contributed by atoms with Gasteiger partial charge in [-0.1, -0.05) is 12.1 Å². The molecule has 1 N–H and O–H groups in total. The van der Waals surface area contributed by atoms with E-state index in [1.54, 1.807) is 18.2 Å². The highest BCUT2D eigenvalue weighted by Gasteiger charge is 2.02. The SMILES string of the molecule is CCNC(=O)CCCOc1ccccc1F. The summed E-state index contributed by atoms with van der Waals surface area (Å²) in [5.41, 5.74) is 0. The molecule has 0 saturated carbocycles. The van der Waals surface area contributed by atoms with Gasteiger partial charge in [-0.05, 0) is 25.5 Å². The molecule has 0 aliphatic rings. The molecule has 3 nitrogen and oxygen atoms in total. The van der Waals surface area contributed by atoms with E-state index < -0.39 is 0 Å². The lowest BCUT2D eigenvalue weighted by molar-refractivity contribution is -0.121. The number of nitrogens with one attached hydrogen (secondary N) is 1. The van der Waals surface area contributed by atoms with Crippen molar-refractivity contribution in [3.8, 4) is 5.75 Å². The monoisotopic (exact) mass is 225 g/mol. The summed E-state index contributed by atoms with van der Waals surface area (Å²) in [5.74, 6) is -0.140. The van der Waals surface area contributed by atoms with Gasteiger partial charge in [0.15, 0.2) is 11.6 Å². The van der Waals surface area contributed by atoms with Crippen molar-refractivity contribution in [3.05, 3.63) is 30.1 Å². The first-order valence-corrected chi connectivity index (χ1v) is 5.38.